The van der Waals surface area contributed by atoms with E-state index in [0.717, 1.165) is 18.4 Å². The Morgan fingerprint density at radius 1 is 1.40 bits per heavy atom. The van der Waals surface area contributed by atoms with Gasteiger partial charge in [0, 0.05) is 5.41 Å². The molecule has 2 rings (SSSR count). The van der Waals surface area contributed by atoms with Gasteiger partial charge in [-0.25, -0.2) is 0 Å². The lowest BCUT2D eigenvalue weighted by molar-refractivity contribution is -0.146. The molecule has 112 valence electrons. The number of fused-ring (bicyclic) bond motifs is 2. The van der Waals surface area contributed by atoms with Crippen LogP contribution in [-0.4, -0.2) is 18.4 Å². The minimum atomic E-state index is -0.285. The molecule has 2 aliphatic rings. The second-order valence-electron chi connectivity index (χ2n) is 6.86. The lowest BCUT2D eigenvalue weighted by Crippen LogP contribution is -2.32. The Bertz CT molecular complexity index is 461. The molecule has 0 saturated heterocycles. The van der Waals surface area contributed by atoms with Crippen LogP contribution in [0.4, 0.5) is 0 Å². The van der Waals surface area contributed by atoms with Gasteiger partial charge in [0.15, 0.2) is 5.78 Å². The summed E-state index contributed by atoms with van der Waals surface area (Å²) in [5.41, 5.74) is 0.628. The molecule has 0 unspecified atom stereocenters. The molecular weight excluding hydrogens is 252 g/mol. The first-order valence-electron chi connectivity index (χ1n) is 7.72. The van der Waals surface area contributed by atoms with Crippen LogP contribution in [0, 0.1) is 22.7 Å². The number of esters is 1. The molecule has 3 atom stereocenters. The molecule has 0 aromatic heterocycles. The summed E-state index contributed by atoms with van der Waals surface area (Å²) in [5.74, 6) is 0.0543. The monoisotopic (exact) mass is 278 g/mol. The first-order valence-corrected chi connectivity index (χ1v) is 7.72. The molecule has 0 aromatic carbocycles. The quantitative estimate of drug-likeness (QED) is 0.583. The fourth-order valence-electron chi connectivity index (χ4n) is 3.94. The van der Waals surface area contributed by atoms with Crippen LogP contribution in [0.1, 0.15) is 53.9 Å². The first kappa shape index (κ1) is 15.3. The predicted molar refractivity (Wildman–Crippen MR) is 78.1 cm³/mol. The molecule has 3 heteroatoms. The molecular formula is C17H26O3. The van der Waals surface area contributed by atoms with Crippen LogP contribution in [0.15, 0.2) is 11.6 Å². The number of carbonyl (C=O) groups is 2. The molecule has 2 aliphatic carbocycles. The fourth-order valence-corrected chi connectivity index (χ4v) is 3.94. The van der Waals surface area contributed by atoms with Crippen molar-refractivity contribution in [3.05, 3.63) is 11.6 Å². The molecule has 0 heterocycles. The molecule has 3 nitrogen and oxygen atoms in total. The van der Waals surface area contributed by atoms with Crippen molar-refractivity contribution in [2.75, 3.05) is 6.61 Å². The Labute approximate surface area is 121 Å². The van der Waals surface area contributed by atoms with E-state index in [1.807, 2.05) is 19.9 Å². The van der Waals surface area contributed by atoms with E-state index in [2.05, 4.69) is 20.8 Å². The average Bonchev–Trinajstić information content (AvgIpc) is 2.69. The summed E-state index contributed by atoms with van der Waals surface area (Å²) in [5, 5.41) is 0. The summed E-state index contributed by atoms with van der Waals surface area (Å²) in [7, 11) is 0. The van der Waals surface area contributed by atoms with Crippen molar-refractivity contribution in [3.63, 3.8) is 0 Å². The number of hydrogen-bond acceptors (Lipinski definition) is 3. The van der Waals surface area contributed by atoms with Gasteiger partial charge in [-0.3, -0.25) is 9.59 Å². The Morgan fingerprint density at radius 3 is 2.50 bits per heavy atom. The zero-order valence-corrected chi connectivity index (χ0v) is 13.3. The Morgan fingerprint density at radius 2 is 2.05 bits per heavy atom. The van der Waals surface area contributed by atoms with Gasteiger partial charge in [-0.1, -0.05) is 33.8 Å². The summed E-state index contributed by atoms with van der Waals surface area (Å²) >= 11 is 0. The molecule has 0 aliphatic heterocycles. The highest BCUT2D eigenvalue weighted by Crippen LogP contribution is 2.65. The van der Waals surface area contributed by atoms with Gasteiger partial charge in [0.2, 0.25) is 0 Å². The third-order valence-electron chi connectivity index (χ3n) is 5.77. The highest BCUT2D eigenvalue weighted by atomic mass is 16.5. The van der Waals surface area contributed by atoms with E-state index < -0.39 is 0 Å². The zero-order chi connectivity index (χ0) is 15.1. The van der Waals surface area contributed by atoms with Crippen LogP contribution >= 0.6 is 0 Å². The molecule has 2 saturated carbocycles. The second kappa shape index (κ2) is 5.01. The van der Waals surface area contributed by atoms with E-state index in [1.165, 1.54) is 0 Å². The van der Waals surface area contributed by atoms with E-state index >= 15 is 0 Å². The summed E-state index contributed by atoms with van der Waals surface area (Å²) in [6.07, 6.45) is 4.61. The molecule has 2 bridgehead atoms. The van der Waals surface area contributed by atoms with Crippen LogP contribution < -0.4 is 0 Å². The van der Waals surface area contributed by atoms with E-state index in [0.29, 0.717) is 18.9 Å². The van der Waals surface area contributed by atoms with Gasteiger partial charge in [-0.2, -0.15) is 0 Å². The highest BCUT2D eigenvalue weighted by molar-refractivity contribution is 6.05. The number of rotatable bonds is 4. The Hall–Kier alpha value is -1.12. The Kier molecular flexibility index (Phi) is 3.83. The molecule has 0 spiro atoms. The number of Topliss-reactive ketones (excluding diaryl/α,β-unsaturated/α-hetero) is 1. The number of ketones is 1. The van der Waals surface area contributed by atoms with Crippen LogP contribution in [-0.2, 0) is 14.3 Å². The zero-order valence-electron chi connectivity index (χ0n) is 13.3. The summed E-state index contributed by atoms with van der Waals surface area (Å²) < 4.78 is 5.10. The van der Waals surface area contributed by atoms with Crippen LogP contribution in [0.2, 0.25) is 0 Å². The van der Waals surface area contributed by atoms with Crippen molar-refractivity contribution in [1.29, 1.82) is 0 Å². The van der Waals surface area contributed by atoms with Crippen molar-refractivity contribution in [1.82, 2.24) is 0 Å². The van der Waals surface area contributed by atoms with Crippen molar-refractivity contribution in [2.24, 2.45) is 22.7 Å². The van der Waals surface area contributed by atoms with Gasteiger partial charge in [-0.15, -0.1) is 0 Å². The lowest BCUT2D eigenvalue weighted by Gasteiger charge is -2.31. The van der Waals surface area contributed by atoms with Gasteiger partial charge >= 0.3 is 5.97 Å². The summed E-state index contributed by atoms with van der Waals surface area (Å²) in [6.45, 7) is 10.6. The summed E-state index contributed by atoms with van der Waals surface area (Å²) in [4.78, 5) is 24.7. The number of hydrogen-bond donors (Lipinski definition) is 0. The van der Waals surface area contributed by atoms with E-state index in [-0.39, 0.29) is 28.5 Å². The first-order chi connectivity index (χ1) is 9.29. The largest absolute Gasteiger partial charge is 0.466 e. The molecule has 0 aromatic rings. The highest BCUT2D eigenvalue weighted by Gasteiger charge is 2.63. The summed E-state index contributed by atoms with van der Waals surface area (Å²) in [6, 6.07) is 0. The fraction of sp³-hybridized carbons (Fsp3) is 0.765. The van der Waals surface area contributed by atoms with Gasteiger partial charge in [-0.05, 0) is 43.1 Å². The van der Waals surface area contributed by atoms with Crippen molar-refractivity contribution < 1.29 is 14.3 Å². The maximum absolute atomic E-state index is 12.7. The molecule has 2 fully saturated rings. The van der Waals surface area contributed by atoms with Gasteiger partial charge in [0.05, 0.1) is 12.5 Å². The Balaban J connectivity index is 2.32. The number of allylic oxidation sites excluding steroid dienone is 1. The second-order valence-corrected chi connectivity index (χ2v) is 6.86. The molecule has 0 N–H and O–H groups in total. The van der Waals surface area contributed by atoms with Gasteiger partial charge in [0.25, 0.3) is 0 Å². The third-order valence-corrected chi connectivity index (χ3v) is 5.77. The minimum absolute atomic E-state index is 0.00285. The third kappa shape index (κ3) is 1.94. The minimum Gasteiger partial charge on any atom is -0.466 e. The topological polar surface area (TPSA) is 43.4 Å². The maximum atomic E-state index is 12.7. The predicted octanol–water partition coefficient (Wildman–Crippen LogP) is 3.53. The standard InChI is InChI=1S/C17H26O3/c1-6-11(15(19)20-7-2)10-12-13-8-9-17(5,14(12)18)16(13,3)4/h10-11,13H,6-9H2,1-5H3/b12-10+/t11-,13+,17+/m0/s1. The van der Waals surface area contributed by atoms with Gasteiger partial charge in [0.1, 0.15) is 0 Å². The number of carbonyl (C=O) groups excluding carboxylic acids is 2. The van der Waals surface area contributed by atoms with E-state index in [1.54, 1.807) is 0 Å². The maximum Gasteiger partial charge on any atom is 0.312 e. The van der Waals surface area contributed by atoms with E-state index in [4.69, 9.17) is 4.74 Å². The van der Waals surface area contributed by atoms with Crippen LogP contribution in [0.25, 0.3) is 0 Å². The lowest BCUT2D eigenvalue weighted by atomic mass is 9.70. The van der Waals surface area contributed by atoms with Crippen molar-refractivity contribution in [2.45, 2.75) is 53.9 Å². The normalized spacial score (nSPS) is 34.5. The molecule has 0 radical (unpaired) electrons. The molecule has 0 amide bonds. The average molecular weight is 278 g/mol. The smallest absolute Gasteiger partial charge is 0.312 e. The van der Waals surface area contributed by atoms with Gasteiger partial charge < -0.3 is 4.74 Å². The van der Waals surface area contributed by atoms with E-state index in [9.17, 15) is 9.59 Å². The van der Waals surface area contributed by atoms with Crippen LogP contribution in [0.5, 0.6) is 0 Å². The number of ether oxygens (including phenoxy) is 1. The molecule has 20 heavy (non-hydrogen) atoms. The van der Waals surface area contributed by atoms with Crippen molar-refractivity contribution >= 4 is 11.8 Å². The van der Waals surface area contributed by atoms with Crippen molar-refractivity contribution in [3.8, 4) is 0 Å². The SMILES string of the molecule is CCOC(=O)[C@H](/C=C1/C(=O)[C@@]2(C)CC[C@H]1C2(C)C)CC. The van der Waals surface area contributed by atoms with Crippen LogP contribution in [0.3, 0.4) is 0 Å².